The molecular weight excluding hydrogens is 447 g/mol. The second-order valence-corrected chi connectivity index (χ2v) is 9.86. The number of hydrogen-bond donors (Lipinski definition) is 1. The van der Waals surface area contributed by atoms with Gasteiger partial charge in [-0.05, 0) is 62.6 Å². The number of anilines is 1. The van der Waals surface area contributed by atoms with Crippen LogP contribution in [-0.2, 0) is 21.2 Å². The Hall–Kier alpha value is -1.96. The molecule has 0 atom stereocenters. The van der Waals surface area contributed by atoms with Crippen LogP contribution in [0.4, 0.5) is 5.69 Å². The van der Waals surface area contributed by atoms with Crippen molar-refractivity contribution in [2.45, 2.75) is 32.8 Å². The molecule has 2 rings (SSSR count). The maximum absolute atomic E-state index is 12.3. The average Bonchev–Trinajstić information content (AvgIpc) is 2.64. The minimum Gasteiger partial charge on any atom is -0.491 e. The third kappa shape index (κ3) is 7.70. The van der Waals surface area contributed by atoms with Crippen LogP contribution in [0.1, 0.15) is 25.8 Å². The number of carbonyl (C=O) groups is 1. The number of rotatable bonds is 10. The molecule has 0 aromatic heterocycles. The van der Waals surface area contributed by atoms with Gasteiger partial charge in [-0.2, -0.15) is 0 Å². The summed E-state index contributed by atoms with van der Waals surface area (Å²) in [6, 6.07) is 12.3. The zero-order valence-corrected chi connectivity index (χ0v) is 19.5. The first-order valence-electron chi connectivity index (χ1n) is 9.51. The van der Waals surface area contributed by atoms with Crippen LogP contribution in [0.25, 0.3) is 0 Å². The van der Waals surface area contributed by atoms with Crippen molar-refractivity contribution in [1.29, 1.82) is 0 Å². The molecule has 30 heavy (non-hydrogen) atoms. The predicted molar refractivity (Wildman–Crippen MR) is 122 cm³/mol. The Morgan fingerprint density at radius 2 is 1.87 bits per heavy atom. The molecule has 1 N–H and O–H groups in total. The average molecular weight is 473 g/mol. The van der Waals surface area contributed by atoms with Crippen LogP contribution in [-0.4, -0.2) is 39.8 Å². The van der Waals surface area contributed by atoms with Gasteiger partial charge in [0.25, 0.3) is 0 Å². The van der Waals surface area contributed by atoms with Crippen LogP contribution in [0.2, 0.25) is 10.0 Å². The highest BCUT2D eigenvalue weighted by atomic mass is 35.5. The molecular formula is C21H26Cl2N2O4S. The molecule has 0 radical (unpaired) electrons. The zero-order chi connectivity index (χ0) is 22.3. The van der Waals surface area contributed by atoms with E-state index in [1.54, 1.807) is 0 Å². The van der Waals surface area contributed by atoms with E-state index in [9.17, 15) is 13.2 Å². The summed E-state index contributed by atoms with van der Waals surface area (Å²) in [5.41, 5.74) is 1.39. The second-order valence-electron chi connectivity index (χ2n) is 7.14. The normalized spacial score (nSPS) is 11.4. The Bertz CT molecular complexity index is 981. The van der Waals surface area contributed by atoms with Gasteiger partial charge in [-0.3, -0.25) is 9.10 Å². The lowest BCUT2D eigenvalue weighted by atomic mass is 10.1. The molecule has 0 aliphatic rings. The molecule has 164 valence electrons. The molecule has 1 amide bonds. The fraction of sp³-hybridized carbons (Fsp3) is 0.381. The third-order valence-corrected chi connectivity index (χ3v) is 5.99. The molecule has 0 fully saturated rings. The lowest BCUT2D eigenvalue weighted by Crippen LogP contribution is -2.40. The van der Waals surface area contributed by atoms with Gasteiger partial charge in [0, 0.05) is 6.54 Å². The monoisotopic (exact) mass is 472 g/mol. The van der Waals surface area contributed by atoms with E-state index < -0.39 is 15.9 Å². The van der Waals surface area contributed by atoms with Crippen molar-refractivity contribution in [2.75, 3.05) is 23.7 Å². The minimum atomic E-state index is -3.67. The van der Waals surface area contributed by atoms with Gasteiger partial charge in [0.1, 0.15) is 12.3 Å². The number of benzene rings is 2. The van der Waals surface area contributed by atoms with Gasteiger partial charge >= 0.3 is 0 Å². The number of nitrogens with one attached hydrogen (secondary N) is 1. The predicted octanol–water partition coefficient (Wildman–Crippen LogP) is 4.30. The van der Waals surface area contributed by atoms with E-state index in [2.05, 4.69) is 5.32 Å². The highest BCUT2D eigenvalue weighted by molar-refractivity contribution is 7.92. The lowest BCUT2D eigenvalue weighted by Gasteiger charge is -2.22. The van der Waals surface area contributed by atoms with Crippen molar-refractivity contribution in [1.82, 2.24) is 5.32 Å². The Morgan fingerprint density at radius 1 is 1.13 bits per heavy atom. The summed E-state index contributed by atoms with van der Waals surface area (Å²) in [4.78, 5) is 12.3. The van der Waals surface area contributed by atoms with Crippen molar-refractivity contribution in [3.8, 4) is 5.75 Å². The molecule has 6 nitrogen and oxygen atoms in total. The summed E-state index contributed by atoms with van der Waals surface area (Å²) in [5, 5.41) is 3.28. The fourth-order valence-corrected chi connectivity index (χ4v) is 3.93. The van der Waals surface area contributed by atoms with E-state index in [4.69, 9.17) is 27.9 Å². The molecule has 0 aliphatic carbocycles. The number of aryl methyl sites for hydroxylation is 1. The number of carbonyl (C=O) groups excluding carboxylic acids is 1. The Labute approximate surface area is 188 Å². The Morgan fingerprint density at radius 3 is 2.50 bits per heavy atom. The molecule has 2 aromatic rings. The summed E-state index contributed by atoms with van der Waals surface area (Å²) >= 11 is 11.9. The van der Waals surface area contributed by atoms with E-state index in [0.29, 0.717) is 18.0 Å². The standard InChI is InChI=1S/C21H26Cl2N2O4S/c1-15(2)29-18-8-4-6-16(12-18)7-5-11-24-21(26)14-25(30(3,27)28)17-9-10-19(22)20(23)13-17/h4,6,8-10,12-13,15H,5,7,11,14H2,1-3H3,(H,24,26). The summed E-state index contributed by atoms with van der Waals surface area (Å²) < 4.78 is 31.0. The maximum Gasteiger partial charge on any atom is 0.240 e. The maximum atomic E-state index is 12.3. The highest BCUT2D eigenvalue weighted by Crippen LogP contribution is 2.28. The first-order chi connectivity index (χ1) is 14.1. The van der Waals surface area contributed by atoms with Gasteiger partial charge in [0.05, 0.1) is 28.1 Å². The molecule has 0 heterocycles. The Kier molecular flexibility index (Phi) is 8.82. The van der Waals surface area contributed by atoms with Crippen molar-refractivity contribution >= 4 is 44.8 Å². The van der Waals surface area contributed by atoms with Crippen LogP contribution in [0.5, 0.6) is 5.75 Å². The number of hydrogen-bond acceptors (Lipinski definition) is 4. The fourth-order valence-electron chi connectivity index (χ4n) is 2.79. The van der Waals surface area contributed by atoms with E-state index in [1.165, 1.54) is 18.2 Å². The molecule has 0 unspecified atom stereocenters. The van der Waals surface area contributed by atoms with Gasteiger partial charge < -0.3 is 10.1 Å². The topological polar surface area (TPSA) is 75.7 Å². The van der Waals surface area contributed by atoms with Crippen LogP contribution >= 0.6 is 23.2 Å². The van der Waals surface area contributed by atoms with Crippen molar-refractivity contribution in [2.24, 2.45) is 0 Å². The highest BCUT2D eigenvalue weighted by Gasteiger charge is 2.21. The van der Waals surface area contributed by atoms with E-state index >= 15 is 0 Å². The Balaban J connectivity index is 1.90. The summed E-state index contributed by atoms with van der Waals surface area (Å²) in [6.45, 7) is 4.03. The molecule has 0 spiro atoms. The van der Waals surface area contributed by atoms with Crippen LogP contribution < -0.4 is 14.4 Å². The van der Waals surface area contributed by atoms with Gasteiger partial charge in [-0.25, -0.2) is 8.42 Å². The molecule has 0 bridgehead atoms. The first-order valence-corrected chi connectivity index (χ1v) is 12.1. The minimum absolute atomic E-state index is 0.104. The van der Waals surface area contributed by atoms with Crippen molar-refractivity contribution < 1.29 is 17.9 Å². The third-order valence-electron chi connectivity index (χ3n) is 4.11. The van der Waals surface area contributed by atoms with Crippen LogP contribution in [0, 0.1) is 0 Å². The van der Waals surface area contributed by atoms with Gasteiger partial charge in [-0.15, -0.1) is 0 Å². The lowest BCUT2D eigenvalue weighted by molar-refractivity contribution is -0.119. The van der Waals surface area contributed by atoms with Gasteiger partial charge in [0.15, 0.2) is 0 Å². The molecule has 2 aromatic carbocycles. The molecule has 0 saturated carbocycles. The van der Waals surface area contributed by atoms with Gasteiger partial charge in [0.2, 0.25) is 15.9 Å². The number of sulfonamides is 1. The summed E-state index contributed by atoms with van der Waals surface area (Å²) in [5.74, 6) is 0.417. The van der Waals surface area contributed by atoms with Crippen molar-refractivity contribution in [3.63, 3.8) is 0 Å². The zero-order valence-electron chi connectivity index (χ0n) is 17.2. The molecule has 0 saturated heterocycles. The first kappa shape index (κ1) is 24.3. The smallest absolute Gasteiger partial charge is 0.240 e. The number of amides is 1. The molecule has 0 aliphatic heterocycles. The quantitative estimate of drug-likeness (QED) is 0.523. The number of ether oxygens (including phenoxy) is 1. The van der Waals surface area contributed by atoms with E-state index in [1.807, 2.05) is 38.1 Å². The van der Waals surface area contributed by atoms with Crippen LogP contribution in [0.3, 0.4) is 0 Å². The second kappa shape index (κ2) is 10.9. The molecule has 9 heteroatoms. The summed E-state index contributed by atoms with van der Waals surface area (Å²) in [7, 11) is -3.67. The van der Waals surface area contributed by atoms with E-state index in [-0.39, 0.29) is 23.4 Å². The van der Waals surface area contributed by atoms with Gasteiger partial charge in [-0.1, -0.05) is 35.3 Å². The number of nitrogens with zero attached hydrogens (tertiary/aromatic N) is 1. The van der Waals surface area contributed by atoms with Crippen molar-refractivity contribution in [3.05, 3.63) is 58.1 Å². The van der Waals surface area contributed by atoms with Crippen LogP contribution in [0.15, 0.2) is 42.5 Å². The van der Waals surface area contributed by atoms with E-state index in [0.717, 1.165) is 28.3 Å². The largest absolute Gasteiger partial charge is 0.491 e. The SMILES string of the molecule is CC(C)Oc1cccc(CCCNC(=O)CN(c2ccc(Cl)c(Cl)c2)S(C)(=O)=O)c1. The number of halogens is 2. The summed E-state index contributed by atoms with van der Waals surface area (Å²) in [6.07, 6.45) is 2.61.